The van der Waals surface area contributed by atoms with Gasteiger partial charge in [-0.25, -0.2) is 0 Å². The predicted octanol–water partition coefficient (Wildman–Crippen LogP) is 3.74. The Morgan fingerprint density at radius 2 is 1.94 bits per heavy atom. The van der Waals surface area contributed by atoms with Crippen molar-refractivity contribution in [3.05, 3.63) is 34.8 Å². The maximum atomic E-state index is 4.07. The van der Waals surface area contributed by atoms with Gasteiger partial charge < -0.3 is 5.32 Å². The quantitative estimate of drug-likeness (QED) is 0.855. The maximum absolute atomic E-state index is 4.07. The van der Waals surface area contributed by atoms with Crippen LogP contribution in [0.4, 0.5) is 5.13 Å². The highest BCUT2D eigenvalue weighted by Crippen LogP contribution is 2.23. The number of hydrogen-bond donors (Lipinski definition) is 1. The van der Waals surface area contributed by atoms with E-state index in [0.717, 1.165) is 10.1 Å². The Bertz CT molecular complexity index is 479. The van der Waals surface area contributed by atoms with E-state index >= 15 is 0 Å². The molecule has 1 unspecified atom stereocenters. The lowest BCUT2D eigenvalue weighted by molar-refractivity contribution is 0.870. The first-order valence-electron chi connectivity index (χ1n) is 5.39. The third-order valence-electron chi connectivity index (χ3n) is 2.48. The molecule has 0 aliphatic rings. The number of aryl methyl sites for hydroxylation is 1. The number of anilines is 1. The van der Waals surface area contributed by atoms with Gasteiger partial charge in [-0.15, -0.1) is 22.0 Å². The molecule has 17 heavy (non-hydrogen) atoms. The van der Waals surface area contributed by atoms with Crippen molar-refractivity contribution in [2.75, 3.05) is 11.6 Å². The van der Waals surface area contributed by atoms with E-state index in [9.17, 15) is 0 Å². The van der Waals surface area contributed by atoms with Crippen LogP contribution < -0.4 is 5.32 Å². The van der Waals surface area contributed by atoms with Gasteiger partial charge in [0.15, 0.2) is 0 Å². The molecule has 1 heterocycles. The van der Waals surface area contributed by atoms with Crippen LogP contribution in [0.5, 0.6) is 0 Å². The molecule has 3 nitrogen and oxygen atoms in total. The molecule has 0 saturated heterocycles. The van der Waals surface area contributed by atoms with Gasteiger partial charge in [-0.2, -0.15) is 0 Å². The summed E-state index contributed by atoms with van der Waals surface area (Å²) in [6, 6.07) is 8.83. The molecule has 0 fully saturated rings. The van der Waals surface area contributed by atoms with Crippen LogP contribution in [0.15, 0.2) is 29.2 Å². The van der Waals surface area contributed by atoms with Crippen LogP contribution in [0.1, 0.15) is 23.5 Å². The summed E-state index contributed by atoms with van der Waals surface area (Å²) in [4.78, 5) is 1.28. The molecule has 0 amide bonds. The van der Waals surface area contributed by atoms with Crippen molar-refractivity contribution in [1.82, 2.24) is 10.2 Å². The van der Waals surface area contributed by atoms with E-state index in [0.29, 0.717) is 0 Å². The lowest BCUT2D eigenvalue weighted by Crippen LogP contribution is -2.06. The topological polar surface area (TPSA) is 37.8 Å². The smallest absolute Gasteiger partial charge is 0.206 e. The second kappa shape index (κ2) is 5.51. The minimum Gasteiger partial charge on any atom is -0.354 e. The van der Waals surface area contributed by atoms with E-state index < -0.39 is 0 Å². The van der Waals surface area contributed by atoms with Crippen LogP contribution in [-0.2, 0) is 0 Å². The molecule has 2 rings (SSSR count). The van der Waals surface area contributed by atoms with Gasteiger partial charge in [0.1, 0.15) is 5.01 Å². The van der Waals surface area contributed by atoms with E-state index in [1.807, 2.05) is 6.92 Å². The molecule has 0 saturated carbocycles. The highest BCUT2D eigenvalue weighted by molar-refractivity contribution is 7.98. The number of nitrogens with one attached hydrogen (secondary N) is 1. The van der Waals surface area contributed by atoms with Gasteiger partial charge in [0.05, 0.1) is 6.04 Å². The Balaban J connectivity index is 2.06. The molecule has 0 aliphatic heterocycles. The number of nitrogens with zero attached hydrogens (tertiary/aromatic N) is 2. The SMILES string of the molecule is CSc1ccc(C(C)Nc2nnc(C)s2)cc1. The number of thioether (sulfide) groups is 1. The molecular weight excluding hydrogens is 250 g/mol. The molecule has 5 heteroatoms. The Morgan fingerprint density at radius 1 is 1.24 bits per heavy atom. The first-order chi connectivity index (χ1) is 8.19. The van der Waals surface area contributed by atoms with Crippen LogP contribution in [0.25, 0.3) is 0 Å². The minimum atomic E-state index is 0.248. The average molecular weight is 265 g/mol. The molecule has 2 aromatic rings. The molecule has 90 valence electrons. The maximum Gasteiger partial charge on any atom is 0.206 e. The van der Waals surface area contributed by atoms with Crippen LogP contribution in [0, 0.1) is 6.92 Å². The molecule has 0 spiro atoms. The Morgan fingerprint density at radius 3 is 2.47 bits per heavy atom. The van der Waals surface area contributed by atoms with E-state index in [-0.39, 0.29) is 6.04 Å². The number of benzene rings is 1. The fraction of sp³-hybridized carbons (Fsp3) is 0.333. The van der Waals surface area contributed by atoms with Crippen molar-refractivity contribution in [3.63, 3.8) is 0 Å². The van der Waals surface area contributed by atoms with Crippen molar-refractivity contribution < 1.29 is 0 Å². The molecule has 0 bridgehead atoms. The first-order valence-corrected chi connectivity index (χ1v) is 7.44. The fourth-order valence-corrected chi connectivity index (χ4v) is 2.60. The lowest BCUT2D eigenvalue weighted by Gasteiger charge is -2.13. The largest absolute Gasteiger partial charge is 0.354 e. The lowest BCUT2D eigenvalue weighted by atomic mass is 10.1. The highest BCUT2D eigenvalue weighted by atomic mass is 32.2. The van der Waals surface area contributed by atoms with Crippen molar-refractivity contribution >= 4 is 28.2 Å². The predicted molar refractivity (Wildman–Crippen MR) is 74.9 cm³/mol. The van der Waals surface area contributed by atoms with Gasteiger partial charge in [0, 0.05) is 4.90 Å². The summed E-state index contributed by atoms with van der Waals surface area (Å²) in [6.07, 6.45) is 2.08. The summed E-state index contributed by atoms with van der Waals surface area (Å²) in [5, 5.41) is 13.3. The molecule has 0 radical (unpaired) electrons. The van der Waals surface area contributed by atoms with Gasteiger partial charge in [0.25, 0.3) is 0 Å². The Kier molecular flexibility index (Phi) is 4.02. The van der Waals surface area contributed by atoms with Crippen molar-refractivity contribution in [3.8, 4) is 0 Å². The van der Waals surface area contributed by atoms with Crippen molar-refractivity contribution in [2.45, 2.75) is 24.8 Å². The summed E-state index contributed by atoms with van der Waals surface area (Å²) in [7, 11) is 0. The van der Waals surface area contributed by atoms with E-state index in [1.165, 1.54) is 10.5 Å². The van der Waals surface area contributed by atoms with Crippen LogP contribution >= 0.6 is 23.1 Å². The highest BCUT2D eigenvalue weighted by Gasteiger charge is 2.07. The summed E-state index contributed by atoms with van der Waals surface area (Å²) in [6.45, 7) is 4.09. The van der Waals surface area contributed by atoms with Gasteiger partial charge in [0.2, 0.25) is 5.13 Å². The van der Waals surface area contributed by atoms with Gasteiger partial charge in [-0.1, -0.05) is 23.5 Å². The number of hydrogen-bond acceptors (Lipinski definition) is 5. The second-order valence-electron chi connectivity index (χ2n) is 3.77. The summed E-state index contributed by atoms with van der Waals surface area (Å²) >= 11 is 3.34. The third-order valence-corrected chi connectivity index (χ3v) is 4.00. The minimum absolute atomic E-state index is 0.248. The Hall–Kier alpha value is -1.07. The molecular formula is C12H15N3S2. The summed E-state index contributed by atoms with van der Waals surface area (Å²) < 4.78 is 0. The van der Waals surface area contributed by atoms with Gasteiger partial charge in [-0.05, 0) is 37.8 Å². The molecule has 1 atom stereocenters. The molecule has 1 N–H and O–H groups in total. The fourth-order valence-electron chi connectivity index (χ4n) is 1.52. The van der Waals surface area contributed by atoms with E-state index in [1.54, 1.807) is 23.1 Å². The van der Waals surface area contributed by atoms with Crippen molar-refractivity contribution in [2.24, 2.45) is 0 Å². The monoisotopic (exact) mass is 265 g/mol. The molecule has 1 aromatic heterocycles. The first kappa shape index (κ1) is 12.4. The number of rotatable bonds is 4. The van der Waals surface area contributed by atoms with Crippen molar-refractivity contribution in [1.29, 1.82) is 0 Å². The Labute approximate surface area is 110 Å². The number of aromatic nitrogens is 2. The standard InChI is InChI=1S/C12H15N3S2/c1-8(13-12-15-14-9(2)17-12)10-4-6-11(16-3)7-5-10/h4-8H,1-3H3,(H,13,15). The summed E-state index contributed by atoms with van der Waals surface area (Å²) in [5.41, 5.74) is 1.26. The van der Waals surface area contributed by atoms with E-state index in [2.05, 4.69) is 53.0 Å². The third kappa shape index (κ3) is 3.20. The summed E-state index contributed by atoms with van der Waals surface area (Å²) in [5.74, 6) is 0. The van der Waals surface area contributed by atoms with Crippen LogP contribution in [0.2, 0.25) is 0 Å². The molecule has 0 aliphatic carbocycles. The zero-order valence-electron chi connectivity index (χ0n) is 10.1. The van der Waals surface area contributed by atoms with Gasteiger partial charge >= 0.3 is 0 Å². The second-order valence-corrected chi connectivity index (χ2v) is 5.83. The van der Waals surface area contributed by atoms with Crippen LogP contribution in [0.3, 0.4) is 0 Å². The van der Waals surface area contributed by atoms with E-state index in [4.69, 9.17) is 0 Å². The molecule has 1 aromatic carbocycles. The average Bonchev–Trinajstić information content (AvgIpc) is 2.75. The van der Waals surface area contributed by atoms with Crippen LogP contribution in [-0.4, -0.2) is 16.5 Å². The zero-order chi connectivity index (χ0) is 12.3. The van der Waals surface area contributed by atoms with Gasteiger partial charge in [-0.3, -0.25) is 0 Å². The normalized spacial score (nSPS) is 12.4. The zero-order valence-corrected chi connectivity index (χ0v) is 11.7.